The molecule has 3 heteroatoms. The van der Waals surface area contributed by atoms with Gasteiger partial charge in [0.1, 0.15) is 0 Å². The molecule has 2 aromatic rings. The van der Waals surface area contributed by atoms with Crippen LogP contribution < -0.4 is 4.90 Å². The molecule has 1 unspecified atom stereocenters. The summed E-state index contributed by atoms with van der Waals surface area (Å²) < 4.78 is 0. The maximum atomic E-state index is 10.4. The summed E-state index contributed by atoms with van der Waals surface area (Å²) in [4.78, 5) is 2.23. The Hall–Kier alpha value is -1.84. The minimum atomic E-state index is -0.346. The van der Waals surface area contributed by atoms with Gasteiger partial charge in [-0.3, -0.25) is 0 Å². The predicted molar refractivity (Wildman–Crippen MR) is 98.6 cm³/mol. The van der Waals surface area contributed by atoms with Crippen molar-refractivity contribution in [1.82, 2.24) is 0 Å². The number of anilines is 1. The third-order valence-corrected chi connectivity index (χ3v) is 4.20. The molecular weight excluding hydrogens is 298 g/mol. The molecule has 0 fully saturated rings. The van der Waals surface area contributed by atoms with Crippen molar-refractivity contribution in [2.45, 2.75) is 44.8 Å². The van der Waals surface area contributed by atoms with Crippen LogP contribution in [0.1, 0.15) is 37.7 Å². The maximum Gasteiger partial charge on any atom is 0.0822 e. The molecule has 0 saturated carbocycles. The van der Waals surface area contributed by atoms with Crippen LogP contribution in [-0.4, -0.2) is 24.4 Å². The molecule has 1 radical (unpaired) electrons. The van der Waals surface area contributed by atoms with E-state index in [1.54, 1.807) is 0 Å². The second-order valence-electron chi connectivity index (χ2n) is 6.26. The lowest BCUT2D eigenvalue weighted by Gasteiger charge is -2.27. The van der Waals surface area contributed by atoms with Crippen molar-refractivity contribution in [3.05, 3.63) is 66.2 Å². The Morgan fingerprint density at radius 3 is 2.12 bits per heavy atom. The van der Waals surface area contributed by atoms with E-state index in [2.05, 4.69) is 29.2 Å². The number of rotatable bonds is 11. The summed E-state index contributed by atoms with van der Waals surface area (Å²) in [5, 5.41) is 20.9. The van der Waals surface area contributed by atoms with E-state index in [0.29, 0.717) is 6.54 Å². The van der Waals surface area contributed by atoms with Crippen molar-refractivity contribution in [2.75, 3.05) is 18.1 Å². The minimum absolute atomic E-state index is 0.0153. The molecule has 0 saturated heterocycles. The maximum absolute atomic E-state index is 10.4. The number of hydrogen-bond acceptors (Lipinski definition) is 2. The van der Waals surface area contributed by atoms with Gasteiger partial charge in [0.2, 0.25) is 0 Å². The SMILES string of the molecule is [O]CCCCCCC(O)CN(Cc1ccccc1)c1ccccc1. The number of nitrogens with zero attached hydrogens (tertiary/aromatic N) is 1. The molecule has 1 N–H and O–H groups in total. The predicted octanol–water partition coefficient (Wildman–Crippen LogP) is 4.44. The first-order valence-electron chi connectivity index (χ1n) is 8.89. The zero-order valence-electron chi connectivity index (χ0n) is 14.3. The van der Waals surface area contributed by atoms with Gasteiger partial charge in [0.15, 0.2) is 0 Å². The first kappa shape index (κ1) is 18.5. The van der Waals surface area contributed by atoms with Gasteiger partial charge < -0.3 is 10.0 Å². The highest BCUT2D eigenvalue weighted by Crippen LogP contribution is 2.18. The number of unbranched alkanes of at least 4 members (excludes halogenated alkanes) is 3. The standard InChI is InChI=1S/C21H28NO2/c23-16-10-2-1-9-15-21(24)18-22(20-13-7-4-8-14-20)17-19-11-5-3-6-12-19/h3-8,11-14,21,24H,1-2,9-10,15-18H2. The summed E-state index contributed by atoms with van der Waals surface area (Å²) in [7, 11) is 0. The van der Waals surface area contributed by atoms with Crippen molar-refractivity contribution in [1.29, 1.82) is 0 Å². The Labute approximate surface area is 145 Å². The second kappa shape index (κ2) is 10.8. The van der Waals surface area contributed by atoms with E-state index in [0.717, 1.165) is 44.3 Å². The molecule has 129 valence electrons. The Kier molecular flexibility index (Phi) is 8.36. The Bertz CT molecular complexity index is 544. The van der Waals surface area contributed by atoms with E-state index >= 15 is 0 Å². The second-order valence-corrected chi connectivity index (χ2v) is 6.26. The van der Waals surface area contributed by atoms with Crippen molar-refractivity contribution in [3.8, 4) is 0 Å². The topological polar surface area (TPSA) is 43.4 Å². The van der Waals surface area contributed by atoms with E-state index < -0.39 is 0 Å². The molecule has 0 aromatic heterocycles. The Morgan fingerprint density at radius 1 is 0.833 bits per heavy atom. The highest BCUT2D eigenvalue weighted by Gasteiger charge is 2.13. The highest BCUT2D eigenvalue weighted by molar-refractivity contribution is 5.46. The zero-order valence-corrected chi connectivity index (χ0v) is 14.3. The number of aliphatic hydroxyl groups is 1. The third kappa shape index (κ3) is 6.73. The van der Waals surface area contributed by atoms with Crippen molar-refractivity contribution < 1.29 is 10.2 Å². The molecule has 2 aromatic carbocycles. The van der Waals surface area contributed by atoms with Gasteiger partial charge in [-0.1, -0.05) is 67.8 Å². The van der Waals surface area contributed by atoms with Gasteiger partial charge in [0.25, 0.3) is 0 Å². The van der Waals surface area contributed by atoms with Gasteiger partial charge in [-0.15, -0.1) is 0 Å². The van der Waals surface area contributed by atoms with Crippen LogP contribution >= 0.6 is 0 Å². The van der Waals surface area contributed by atoms with Gasteiger partial charge in [0, 0.05) is 18.8 Å². The van der Waals surface area contributed by atoms with Gasteiger partial charge in [-0.25, -0.2) is 5.11 Å². The number of aliphatic hydroxyl groups excluding tert-OH is 1. The van der Waals surface area contributed by atoms with Gasteiger partial charge >= 0.3 is 0 Å². The fraction of sp³-hybridized carbons (Fsp3) is 0.429. The van der Waals surface area contributed by atoms with Crippen molar-refractivity contribution >= 4 is 5.69 Å². The third-order valence-electron chi connectivity index (χ3n) is 4.20. The molecule has 24 heavy (non-hydrogen) atoms. The van der Waals surface area contributed by atoms with E-state index in [1.807, 2.05) is 36.4 Å². The van der Waals surface area contributed by atoms with Gasteiger partial charge in [-0.2, -0.15) is 0 Å². The molecule has 0 aliphatic heterocycles. The van der Waals surface area contributed by atoms with Crippen LogP contribution in [0.15, 0.2) is 60.7 Å². The van der Waals surface area contributed by atoms with Crippen LogP contribution in [-0.2, 0) is 11.7 Å². The fourth-order valence-electron chi connectivity index (χ4n) is 2.89. The molecular formula is C21H28NO2. The molecule has 0 aliphatic rings. The van der Waals surface area contributed by atoms with Crippen LogP contribution in [0, 0.1) is 0 Å². The van der Waals surface area contributed by atoms with Crippen LogP contribution in [0.2, 0.25) is 0 Å². The first-order chi connectivity index (χ1) is 11.8. The van der Waals surface area contributed by atoms with Crippen LogP contribution in [0.4, 0.5) is 5.69 Å². The van der Waals surface area contributed by atoms with E-state index in [-0.39, 0.29) is 12.7 Å². The lowest BCUT2D eigenvalue weighted by Crippen LogP contribution is -2.32. The number of hydrogen-bond donors (Lipinski definition) is 1. The quantitative estimate of drug-likeness (QED) is 0.621. The summed E-state index contributed by atoms with van der Waals surface area (Å²) in [6.07, 6.45) is 4.18. The average molecular weight is 326 g/mol. The molecule has 0 aliphatic carbocycles. The lowest BCUT2D eigenvalue weighted by molar-refractivity contribution is 0.163. The van der Waals surface area contributed by atoms with E-state index in [4.69, 9.17) is 0 Å². The zero-order chi connectivity index (χ0) is 17.0. The lowest BCUT2D eigenvalue weighted by atomic mass is 10.1. The molecule has 0 amide bonds. The summed E-state index contributed by atoms with van der Waals surface area (Å²) in [6, 6.07) is 20.6. The monoisotopic (exact) mass is 326 g/mol. The van der Waals surface area contributed by atoms with Crippen molar-refractivity contribution in [2.24, 2.45) is 0 Å². The highest BCUT2D eigenvalue weighted by atomic mass is 16.3. The average Bonchev–Trinajstić information content (AvgIpc) is 2.62. The smallest absolute Gasteiger partial charge is 0.0822 e. The van der Waals surface area contributed by atoms with Crippen LogP contribution in [0.5, 0.6) is 0 Å². The van der Waals surface area contributed by atoms with Crippen LogP contribution in [0.25, 0.3) is 0 Å². The van der Waals surface area contributed by atoms with Crippen molar-refractivity contribution in [3.63, 3.8) is 0 Å². The van der Waals surface area contributed by atoms with Gasteiger partial charge in [0.05, 0.1) is 12.7 Å². The summed E-state index contributed by atoms with van der Waals surface area (Å²) >= 11 is 0. The van der Waals surface area contributed by atoms with E-state index in [1.165, 1.54) is 5.56 Å². The fourth-order valence-corrected chi connectivity index (χ4v) is 2.89. The summed E-state index contributed by atoms with van der Waals surface area (Å²) in [6.45, 7) is 1.43. The summed E-state index contributed by atoms with van der Waals surface area (Å²) in [5.41, 5.74) is 2.37. The largest absolute Gasteiger partial charge is 0.391 e. The molecule has 0 heterocycles. The Morgan fingerprint density at radius 2 is 1.46 bits per heavy atom. The van der Waals surface area contributed by atoms with E-state index in [9.17, 15) is 10.2 Å². The summed E-state index contributed by atoms with van der Waals surface area (Å²) in [5.74, 6) is 0. The minimum Gasteiger partial charge on any atom is -0.391 e. The van der Waals surface area contributed by atoms with Crippen LogP contribution in [0.3, 0.4) is 0 Å². The molecule has 0 spiro atoms. The normalized spacial score (nSPS) is 12.1. The molecule has 1 atom stereocenters. The first-order valence-corrected chi connectivity index (χ1v) is 8.89. The number of para-hydroxylation sites is 1. The van der Waals surface area contributed by atoms with Gasteiger partial charge in [-0.05, 0) is 30.5 Å². The molecule has 2 rings (SSSR count). The molecule has 3 nitrogen and oxygen atoms in total. The molecule has 0 bridgehead atoms. The Balaban J connectivity index is 1.91. The number of benzene rings is 2.